The largest absolute Gasteiger partial charge is 0.359 e. The number of benzene rings is 2. The molecule has 0 radical (unpaired) electrons. The van der Waals surface area contributed by atoms with Crippen LogP contribution in [0.5, 0.6) is 0 Å². The van der Waals surface area contributed by atoms with Gasteiger partial charge in [-0.15, -0.1) is 0 Å². The van der Waals surface area contributed by atoms with Gasteiger partial charge in [-0.05, 0) is 86.4 Å². The molecule has 1 aliphatic heterocycles. The summed E-state index contributed by atoms with van der Waals surface area (Å²) < 4.78 is 15.7. The lowest BCUT2D eigenvalue weighted by molar-refractivity contribution is -0.131. The molecule has 1 unspecified atom stereocenters. The maximum atomic E-state index is 15.7. The number of aliphatic imine (C=N–C) groups is 1. The van der Waals surface area contributed by atoms with Crippen LogP contribution in [-0.2, 0) is 9.59 Å². The zero-order valence-electron chi connectivity index (χ0n) is 25.6. The molecular formula is C35H46FN3O2. The minimum atomic E-state index is -1.000. The summed E-state index contributed by atoms with van der Waals surface area (Å²) in [7, 11) is 1.88. The van der Waals surface area contributed by atoms with Gasteiger partial charge in [-0.25, -0.2) is 4.39 Å². The lowest BCUT2D eigenvalue weighted by Crippen LogP contribution is -2.37. The standard InChI is InChI=1S/C32H38FN3O2.C3H8/c1-6-8-25-17-26(12-9-23(25)7-2)27-13-14-28(29(33)18-27)30(34-32(3,4)21-37)35(5)19-22-15-16-36(20-22)31(38)24-10-11-24;1-3-2/h6-9,12-14,17-18,21-22,24H,2,10-11,15-16,19-20H2,1,3-5H3;3H2,1-2H3/b8-6-,34-30?;. The van der Waals surface area contributed by atoms with Crippen molar-refractivity contribution in [2.45, 2.75) is 65.8 Å². The number of amides is 1. The van der Waals surface area contributed by atoms with Crippen molar-refractivity contribution >= 4 is 30.2 Å². The highest BCUT2D eigenvalue weighted by Crippen LogP contribution is 2.33. The molecule has 6 heteroatoms. The molecule has 5 nitrogen and oxygen atoms in total. The van der Waals surface area contributed by atoms with Crippen molar-refractivity contribution in [1.82, 2.24) is 9.80 Å². The smallest absolute Gasteiger partial charge is 0.225 e. The van der Waals surface area contributed by atoms with Crippen molar-refractivity contribution in [2.75, 3.05) is 26.7 Å². The molecule has 2 aromatic rings. The lowest BCUT2D eigenvalue weighted by Gasteiger charge is -2.27. The predicted molar refractivity (Wildman–Crippen MR) is 169 cm³/mol. The second-order valence-corrected chi connectivity index (χ2v) is 11.8. The highest BCUT2D eigenvalue weighted by atomic mass is 19.1. The van der Waals surface area contributed by atoms with E-state index in [2.05, 4.69) is 25.4 Å². The van der Waals surface area contributed by atoms with Gasteiger partial charge >= 0.3 is 0 Å². The molecule has 0 aromatic heterocycles. The minimum absolute atomic E-state index is 0.214. The van der Waals surface area contributed by atoms with Gasteiger partial charge in [0.05, 0.1) is 5.56 Å². The van der Waals surface area contributed by atoms with E-state index in [1.807, 2.05) is 66.3 Å². The van der Waals surface area contributed by atoms with Crippen LogP contribution in [-0.4, -0.2) is 60.0 Å². The maximum absolute atomic E-state index is 15.7. The Morgan fingerprint density at radius 1 is 1.12 bits per heavy atom. The SMILES string of the molecule is C=Cc1ccc(-c2ccc(C(=NC(C)(C)C=O)N(C)CC3CCN(C(=O)C4CC4)C3)c(F)c2)cc1/C=C\C.CCC. The van der Waals surface area contributed by atoms with E-state index in [9.17, 15) is 9.59 Å². The number of carbonyl (C=O) groups is 2. The number of amidine groups is 1. The quantitative estimate of drug-likeness (QED) is 0.182. The topological polar surface area (TPSA) is 53.0 Å². The van der Waals surface area contributed by atoms with E-state index in [1.165, 1.54) is 12.5 Å². The van der Waals surface area contributed by atoms with E-state index >= 15 is 4.39 Å². The molecule has 1 aliphatic carbocycles. The number of hydrogen-bond acceptors (Lipinski definition) is 3. The van der Waals surface area contributed by atoms with Crippen LogP contribution in [0, 0.1) is 17.7 Å². The van der Waals surface area contributed by atoms with E-state index in [1.54, 1.807) is 19.9 Å². The highest BCUT2D eigenvalue weighted by molar-refractivity contribution is 6.00. The number of likely N-dealkylation sites (tertiary alicyclic amines) is 1. The van der Waals surface area contributed by atoms with Gasteiger partial charge in [0.2, 0.25) is 5.91 Å². The molecule has 4 rings (SSSR count). The van der Waals surface area contributed by atoms with Gasteiger partial charge in [0.15, 0.2) is 0 Å². The van der Waals surface area contributed by atoms with Crippen LogP contribution in [0.4, 0.5) is 4.39 Å². The van der Waals surface area contributed by atoms with E-state index in [-0.39, 0.29) is 17.7 Å². The maximum Gasteiger partial charge on any atom is 0.225 e. The first-order chi connectivity index (χ1) is 19.6. The molecule has 1 amide bonds. The Labute approximate surface area is 245 Å². The Balaban J connectivity index is 0.00000147. The number of rotatable bonds is 9. The summed E-state index contributed by atoms with van der Waals surface area (Å²) in [6, 6.07) is 11.1. The molecule has 0 bridgehead atoms. The van der Waals surface area contributed by atoms with Crippen molar-refractivity contribution in [3.8, 4) is 11.1 Å². The molecular weight excluding hydrogens is 513 g/mol. The van der Waals surface area contributed by atoms with E-state index < -0.39 is 11.4 Å². The number of hydrogen-bond donors (Lipinski definition) is 0. The summed E-state index contributed by atoms with van der Waals surface area (Å²) >= 11 is 0. The third-order valence-electron chi connectivity index (χ3n) is 7.30. The fraction of sp³-hybridized carbons (Fsp3) is 0.457. The first-order valence-corrected chi connectivity index (χ1v) is 14.8. The second-order valence-electron chi connectivity index (χ2n) is 11.8. The lowest BCUT2D eigenvalue weighted by atomic mass is 9.97. The third-order valence-corrected chi connectivity index (χ3v) is 7.30. The van der Waals surface area contributed by atoms with Crippen LogP contribution in [0.25, 0.3) is 23.3 Å². The number of aldehydes is 1. The normalized spacial score (nSPS) is 17.3. The molecule has 2 fully saturated rings. The summed E-state index contributed by atoms with van der Waals surface area (Å²) in [5, 5.41) is 0. The van der Waals surface area contributed by atoms with E-state index in [0.29, 0.717) is 24.5 Å². The number of allylic oxidation sites excluding steroid dienone is 1. The van der Waals surface area contributed by atoms with Gasteiger partial charge in [0.25, 0.3) is 0 Å². The van der Waals surface area contributed by atoms with Crippen molar-refractivity contribution < 1.29 is 14.0 Å². The summed E-state index contributed by atoms with van der Waals surface area (Å²) in [6.07, 6.45) is 10.7. The predicted octanol–water partition coefficient (Wildman–Crippen LogP) is 7.50. The van der Waals surface area contributed by atoms with Crippen molar-refractivity contribution in [2.24, 2.45) is 16.8 Å². The fourth-order valence-corrected chi connectivity index (χ4v) is 5.03. The van der Waals surface area contributed by atoms with Crippen LogP contribution < -0.4 is 0 Å². The summed E-state index contributed by atoms with van der Waals surface area (Å²) in [5.74, 6) is 0.794. The molecule has 1 saturated carbocycles. The zero-order valence-corrected chi connectivity index (χ0v) is 25.6. The molecule has 1 atom stereocenters. The highest BCUT2D eigenvalue weighted by Gasteiger charge is 2.37. The van der Waals surface area contributed by atoms with Crippen LogP contribution in [0.1, 0.15) is 77.0 Å². The van der Waals surface area contributed by atoms with Crippen LogP contribution in [0.3, 0.4) is 0 Å². The first kappa shape index (κ1) is 32.0. The monoisotopic (exact) mass is 559 g/mol. The summed E-state index contributed by atoms with van der Waals surface area (Å²) in [6.45, 7) is 15.6. The van der Waals surface area contributed by atoms with Crippen molar-refractivity contribution in [3.05, 3.63) is 71.6 Å². The Morgan fingerprint density at radius 3 is 2.37 bits per heavy atom. The van der Waals surface area contributed by atoms with Gasteiger partial charge in [-0.2, -0.15) is 0 Å². The molecule has 0 spiro atoms. The van der Waals surface area contributed by atoms with Gasteiger partial charge in [0, 0.05) is 32.6 Å². The van der Waals surface area contributed by atoms with E-state index in [4.69, 9.17) is 0 Å². The molecule has 220 valence electrons. The average Bonchev–Trinajstić information content (AvgIpc) is 3.70. The van der Waals surface area contributed by atoms with Crippen LogP contribution >= 0.6 is 0 Å². The molecule has 1 heterocycles. The number of nitrogens with zero attached hydrogens (tertiary/aromatic N) is 3. The molecule has 1 saturated heterocycles. The van der Waals surface area contributed by atoms with Gasteiger partial charge in [0.1, 0.15) is 23.5 Å². The summed E-state index contributed by atoms with van der Waals surface area (Å²) in [4.78, 5) is 32.8. The first-order valence-electron chi connectivity index (χ1n) is 14.8. The Hall–Kier alpha value is -3.54. The average molecular weight is 560 g/mol. The number of carbonyl (C=O) groups excluding carboxylic acids is 2. The van der Waals surface area contributed by atoms with Crippen LogP contribution in [0.15, 0.2) is 54.0 Å². The molecule has 41 heavy (non-hydrogen) atoms. The minimum Gasteiger partial charge on any atom is -0.359 e. The third kappa shape index (κ3) is 8.48. The van der Waals surface area contributed by atoms with Gasteiger partial charge in [-0.1, -0.05) is 63.3 Å². The van der Waals surface area contributed by atoms with E-state index in [0.717, 1.165) is 54.3 Å². The zero-order chi connectivity index (χ0) is 30.2. The second kappa shape index (κ2) is 14.4. The summed E-state index contributed by atoms with van der Waals surface area (Å²) in [5.41, 5.74) is 3.05. The van der Waals surface area contributed by atoms with Gasteiger partial charge in [-0.3, -0.25) is 9.79 Å². The Morgan fingerprint density at radius 2 is 1.78 bits per heavy atom. The van der Waals surface area contributed by atoms with Crippen molar-refractivity contribution in [3.63, 3.8) is 0 Å². The fourth-order valence-electron chi connectivity index (χ4n) is 5.03. The Bertz CT molecular complexity index is 1290. The van der Waals surface area contributed by atoms with Crippen molar-refractivity contribution in [1.29, 1.82) is 0 Å². The molecule has 2 aliphatic rings. The Kier molecular flexibility index (Phi) is 11.2. The molecule has 2 aromatic carbocycles. The van der Waals surface area contributed by atoms with Gasteiger partial charge < -0.3 is 14.6 Å². The molecule has 0 N–H and O–H groups in total. The van der Waals surface area contributed by atoms with Crippen LogP contribution in [0.2, 0.25) is 0 Å². The number of halogens is 1.